The normalized spacial score (nSPS) is 21.4. The molecule has 2 saturated heterocycles. The van der Waals surface area contributed by atoms with Crippen molar-refractivity contribution in [2.45, 2.75) is 134 Å². The fourth-order valence-electron chi connectivity index (χ4n) is 5.47. The summed E-state index contributed by atoms with van der Waals surface area (Å²) in [7, 11) is 0. The minimum Gasteiger partial charge on any atom is -0.480 e. The third-order valence-corrected chi connectivity index (χ3v) is 7.65. The lowest BCUT2D eigenvalue weighted by molar-refractivity contribution is -0.151. The van der Waals surface area contributed by atoms with E-state index in [4.69, 9.17) is 0 Å². The predicted molar refractivity (Wildman–Crippen MR) is 142 cm³/mol. The van der Waals surface area contributed by atoms with E-state index in [1.165, 1.54) is 74.0 Å². The van der Waals surface area contributed by atoms with Crippen LogP contribution in [0.4, 0.5) is 0 Å². The van der Waals surface area contributed by atoms with E-state index in [0.29, 0.717) is 25.8 Å². The molecule has 0 unspecified atom stereocenters. The van der Waals surface area contributed by atoms with Crippen molar-refractivity contribution in [3.63, 3.8) is 0 Å². The number of β-amino-alcohol motifs (C(OH)–C–C–N with tert-alkyl or cyclic N) is 1. The van der Waals surface area contributed by atoms with Crippen LogP contribution in [0.3, 0.4) is 0 Å². The van der Waals surface area contributed by atoms with Gasteiger partial charge in [0, 0.05) is 25.9 Å². The Hall–Kier alpha value is -2.16. The number of nitrogens with zero attached hydrogens (tertiary/aromatic N) is 2. The number of carboxylic acid groups (broad SMARTS) is 1. The van der Waals surface area contributed by atoms with Gasteiger partial charge in [-0.15, -0.1) is 0 Å². The molecule has 3 N–H and O–H groups in total. The first kappa shape index (κ1) is 31.1. The van der Waals surface area contributed by atoms with Crippen LogP contribution in [-0.2, 0) is 19.2 Å². The molecule has 3 atom stereocenters. The van der Waals surface area contributed by atoms with Crippen molar-refractivity contribution in [2.75, 3.05) is 19.6 Å². The van der Waals surface area contributed by atoms with Gasteiger partial charge in [-0.3, -0.25) is 14.4 Å². The molecular weight excluding hydrogens is 474 g/mol. The van der Waals surface area contributed by atoms with Gasteiger partial charge in [-0.1, -0.05) is 84.0 Å². The van der Waals surface area contributed by atoms with Crippen molar-refractivity contribution in [2.24, 2.45) is 0 Å². The first-order chi connectivity index (χ1) is 17.8. The zero-order valence-corrected chi connectivity index (χ0v) is 22.8. The number of likely N-dealkylation sites (tertiary alicyclic amines) is 2. The standard InChI is InChI=1S/C28H49N3O6/c1-2-3-4-5-6-7-8-9-10-11-12-13-14-17-25(33)29-20-26(34)30-18-15-16-23(30)27(35)31-21-22(32)19-24(31)28(36)37/h22-24,32H,2-21H2,1H3,(H,29,33)(H,36,37)/t22-,23+,24+/m1/s1. The molecule has 0 aromatic heterocycles. The Balaban J connectivity index is 1.56. The van der Waals surface area contributed by atoms with Gasteiger partial charge in [0.15, 0.2) is 0 Å². The Kier molecular flexibility index (Phi) is 14.6. The minimum atomic E-state index is -1.15. The lowest BCUT2D eigenvalue weighted by Crippen LogP contribution is -2.52. The molecule has 0 radical (unpaired) electrons. The molecule has 2 heterocycles. The van der Waals surface area contributed by atoms with Gasteiger partial charge in [0.25, 0.3) is 0 Å². The van der Waals surface area contributed by atoms with Crippen molar-refractivity contribution in [1.82, 2.24) is 15.1 Å². The third kappa shape index (κ3) is 11.0. The average Bonchev–Trinajstić information content (AvgIpc) is 3.52. The molecule has 37 heavy (non-hydrogen) atoms. The maximum Gasteiger partial charge on any atom is 0.326 e. The van der Waals surface area contributed by atoms with Gasteiger partial charge in [0.2, 0.25) is 17.7 Å². The summed E-state index contributed by atoms with van der Waals surface area (Å²) in [4.78, 5) is 52.0. The van der Waals surface area contributed by atoms with Crippen LogP contribution in [0, 0.1) is 0 Å². The molecule has 3 amide bonds. The number of hydrogen-bond donors (Lipinski definition) is 3. The van der Waals surface area contributed by atoms with Gasteiger partial charge >= 0.3 is 5.97 Å². The summed E-state index contributed by atoms with van der Waals surface area (Å²) in [6.07, 6.45) is 16.7. The van der Waals surface area contributed by atoms with Crippen LogP contribution < -0.4 is 5.32 Å². The molecule has 0 aromatic carbocycles. The summed E-state index contributed by atoms with van der Waals surface area (Å²) >= 11 is 0. The van der Waals surface area contributed by atoms with Crippen LogP contribution in [-0.4, -0.2) is 81.5 Å². The molecule has 212 valence electrons. The molecule has 0 saturated carbocycles. The van der Waals surface area contributed by atoms with Gasteiger partial charge in [0.05, 0.1) is 12.6 Å². The van der Waals surface area contributed by atoms with Gasteiger partial charge in [0.1, 0.15) is 12.1 Å². The number of aliphatic carboxylic acids is 1. The Bertz CT molecular complexity index is 731. The number of carbonyl (C=O) groups is 4. The summed E-state index contributed by atoms with van der Waals surface area (Å²) in [6.45, 7) is 2.45. The fraction of sp³-hybridized carbons (Fsp3) is 0.857. The summed E-state index contributed by atoms with van der Waals surface area (Å²) in [5.41, 5.74) is 0. The number of aliphatic hydroxyl groups excluding tert-OH is 1. The predicted octanol–water partition coefficient (Wildman–Crippen LogP) is 3.62. The molecular formula is C28H49N3O6. The van der Waals surface area contributed by atoms with Crippen molar-refractivity contribution < 1.29 is 29.4 Å². The van der Waals surface area contributed by atoms with E-state index < -0.39 is 30.1 Å². The number of amides is 3. The number of nitrogens with one attached hydrogen (secondary N) is 1. The maximum absolute atomic E-state index is 13.0. The second kappa shape index (κ2) is 17.4. The van der Waals surface area contributed by atoms with Gasteiger partial charge in [-0.05, 0) is 19.3 Å². The molecule has 0 spiro atoms. The zero-order chi connectivity index (χ0) is 27.0. The number of rotatable bonds is 18. The van der Waals surface area contributed by atoms with E-state index in [0.717, 1.165) is 19.3 Å². The lowest BCUT2D eigenvalue weighted by atomic mass is 10.0. The molecule has 2 aliphatic rings. The smallest absolute Gasteiger partial charge is 0.326 e. The highest BCUT2D eigenvalue weighted by Crippen LogP contribution is 2.25. The highest BCUT2D eigenvalue weighted by atomic mass is 16.4. The Labute approximate surface area is 222 Å². The Morgan fingerprint density at radius 1 is 0.811 bits per heavy atom. The van der Waals surface area contributed by atoms with Crippen LogP contribution in [0.15, 0.2) is 0 Å². The van der Waals surface area contributed by atoms with Crippen molar-refractivity contribution in [1.29, 1.82) is 0 Å². The van der Waals surface area contributed by atoms with E-state index in [-0.39, 0.29) is 31.3 Å². The van der Waals surface area contributed by atoms with Crippen LogP contribution in [0.25, 0.3) is 0 Å². The van der Waals surface area contributed by atoms with E-state index >= 15 is 0 Å². The van der Waals surface area contributed by atoms with Crippen molar-refractivity contribution in [3.05, 3.63) is 0 Å². The van der Waals surface area contributed by atoms with Crippen molar-refractivity contribution in [3.8, 4) is 0 Å². The highest BCUT2D eigenvalue weighted by Gasteiger charge is 2.44. The van der Waals surface area contributed by atoms with Crippen LogP contribution in [0.5, 0.6) is 0 Å². The molecule has 0 aromatic rings. The summed E-state index contributed by atoms with van der Waals surface area (Å²) in [5.74, 6) is -2.08. The fourth-order valence-corrected chi connectivity index (χ4v) is 5.47. The minimum absolute atomic E-state index is 0.00299. The number of carbonyl (C=O) groups excluding carboxylic acids is 3. The molecule has 0 bridgehead atoms. The topological polar surface area (TPSA) is 127 Å². The van der Waals surface area contributed by atoms with Crippen LogP contribution in [0.2, 0.25) is 0 Å². The van der Waals surface area contributed by atoms with E-state index in [9.17, 15) is 29.4 Å². The Morgan fingerprint density at radius 2 is 1.38 bits per heavy atom. The number of carboxylic acids is 1. The second-order valence-corrected chi connectivity index (χ2v) is 10.7. The summed E-state index contributed by atoms with van der Waals surface area (Å²) in [6, 6.07) is -1.81. The van der Waals surface area contributed by atoms with Crippen LogP contribution in [0.1, 0.15) is 116 Å². The highest BCUT2D eigenvalue weighted by molar-refractivity contribution is 5.92. The molecule has 2 fully saturated rings. The van der Waals surface area contributed by atoms with Gasteiger partial charge < -0.3 is 25.3 Å². The summed E-state index contributed by atoms with van der Waals surface area (Å²) in [5, 5.41) is 21.9. The van der Waals surface area contributed by atoms with E-state index in [1.54, 1.807) is 0 Å². The SMILES string of the molecule is CCCCCCCCCCCCCCCC(=O)NCC(=O)N1CCC[C@H]1C(=O)N1C[C@H](O)C[C@H]1C(=O)O. The van der Waals surface area contributed by atoms with E-state index in [1.807, 2.05) is 0 Å². The number of hydrogen-bond acceptors (Lipinski definition) is 5. The molecule has 9 nitrogen and oxygen atoms in total. The quantitative estimate of drug-likeness (QED) is 0.236. The summed E-state index contributed by atoms with van der Waals surface area (Å²) < 4.78 is 0. The average molecular weight is 524 g/mol. The third-order valence-electron chi connectivity index (χ3n) is 7.65. The van der Waals surface area contributed by atoms with Crippen LogP contribution >= 0.6 is 0 Å². The zero-order valence-electron chi connectivity index (χ0n) is 22.8. The van der Waals surface area contributed by atoms with Crippen molar-refractivity contribution >= 4 is 23.7 Å². The largest absolute Gasteiger partial charge is 0.480 e. The molecule has 0 aliphatic carbocycles. The monoisotopic (exact) mass is 523 g/mol. The first-order valence-electron chi connectivity index (χ1n) is 14.6. The number of aliphatic hydroxyl groups is 1. The van der Waals surface area contributed by atoms with Gasteiger partial charge in [-0.2, -0.15) is 0 Å². The second-order valence-electron chi connectivity index (χ2n) is 10.7. The molecule has 2 rings (SSSR count). The van der Waals surface area contributed by atoms with E-state index in [2.05, 4.69) is 12.2 Å². The van der Waals surface area contributed by atoms with Gasteiger partial charge in [-0.25, -0.2) is 4.79 Å². The number of unbranched alkanes of at least 4 members (excludes halogenated alkanes) is 12. The Morgan fingerprint density at radius 3 is 1.95 bits per heavy atom. The maximum atomic E-state index is 13.0. The first-order valence-corrected chi connectivity index (χ1v) is 14.6. The molecule has 9 heteroatoms. The molecule has 2 aliphatic heterocycles. The lowest BCUT2D eigenvalue weighted by Gasteiger charge is -2.30.